The van der Waals surface area contributed by atoms with Crippen LogP contribution >= 0.6 is 22.9 Å². The Labute approximate surface area is 154 Å². The van der Waals surface area contributed by atoms with Crippen molar-refractivity contribution in [2.24, 2.45) is 0 Å². The Morgan fingerprint density at radius 2 is 2.27 bits per heavy atom. The minimum absolute atomic E-state index is 0.0200. The Bertz CT molecular complexity index is 798. The maximum atomic E-state index is 13.5. The van der Waals surface area contributed by atoms with Gasteiger partial charge in [0.15, 0.2) is 10.2 Å². The molecule has 2 aromatic heterocycles. The lowest BCUT2D eigenvalue weighted by molar-refractivity contribution is -0.137. The third kappa shape index (κ3) is 3.99. The Kier molecular flexibility index (Phi) is 5.22. The van der Waals surface area contributed by atoms with Crippen LogP contribution in [0.15, 0.2) is 12.4 Å². The maximum absolute atomic E-state index is 13.5. The van der Waals surface area contributed by atoms with Gasteiger partial charge in [-0.25, -0.2) is 14.1 Å². The van der Waals surface area contributed by atoms with Gasteiger partial charge in [-0.2, -0.15) is 18.3 Å². The molecule has 2 aromatic rings. The minimum atomic E-state index is -4.53. The van der Waals surface area contributed by atoms with E-state index in [-0.39, 0.29) is 29.0 Å². The summed E-state index contributed by atoms with van der Waals surface area (Å²) < 4.78 is 52.5. The number of rotatable bonds is 4. The van der Waals surface area contributed by atoms with Gasteiger partial charge in [0.2, 0.25) is 5.91 Å². The second-order valence-corrected chi connectivity index (χ2v) is 7.24. The average molecular weight is 412 g/mol. The molecular weight excluding hydrogens is 398 g/mol. The number of alkyl halides is 4. The summed E-state index contributed by atoms with van der Waals surface area (Å²) in [5.74, 6) is -0.377. The molecule has 3 rings (SSSR count). The van der Waals surface area contributed by atoms with Gasteiger partial charge in [0.05, 0.1) is 12.2 Å². The van der Waals surface area contributed by atoms with Crippen LogP contribution in [-0.2, 0) is 17.5 Å². The molecule has 1 aliphatic heterocycles. The van der Waals surface area contributed by atoms with Crippen molar-refractivity contribution in [3.63, 3.8) is 0 Å². The highest BCUT2D eigenvalue weighted by Gasteiger charge is 2.35. The molecule has 26 heavy (non-hydrogen) atoms. The van der Waals surface area contributed by atoms with E-state index in [0.717, 1.165) is 6.20 Å². The van der Waals surface area contributed by atoms with Crippen molar-refractivity contribution < 1.29 is 22.4 Å². The molecule has 0 radical (unpaired) electrons. The molecular formula is C14H14ClF4N5OS. The predicted octanol–water partition coefficient (Wildman–Crippen LogP) is 2.71. The molecule has 1 fully saturated rings. The van der Waals surface area contributed by atoms with Crippen LogP contribution < -0.4 is 10.6 Å². The van der Waals surface area contributed by atoms with Gasteiger partial charge in [-0.3, -0.25) is 4.79 Å². The molecule has 0 unspecified atom stereocenters. The highest BCUT2D eigenvalue weighted by molar-refractivity contribution is 7.14. The first-order valence-corrected chi connectivity index (χ1v) is 8.80. The number of nitrogens with one attached hydrogen (secondary N) is 2. The van der Waals surface area contributed by atoms with Gasteiger partial charge < -0.3 is 10.6 Å². The SMILES string of the molecule is C[C@@H]1N[C@H](C(=O)NCc2cn(-c3cnc(C(F)(F)F)s3)nc2Cl)C[C@H]1F. The van der Waals surface area contributed by atoms with Gasteiger partial charge >= 0.3 is 6.18 Å². The molecule has 6 nitrogen and oxygen atoms in total. The van der Waals surface area contributed by atoms with Gasteiger partial charge in [-0.1, -0.05) is 22.9 Å². The number of nitrogens with zero attached hydrogens (tertiary/aromatic N) is 3. The lowest BCUT2D eigenvalue weighted by Gasteiger charge is -2.11. The van der Waals surface area contributed by atoms with E-state index >= 15 is 0 Å². The van der Waals surface area contributed by atoms with Crippen LogP contribution in [0.2, 0.25) is 5.15 Å². The zero-order chi connectivity index (χ0) is 19.1. The largest absolute Gasteiger partial charge is 0.443 e. The van der Waals surface area contributed by atoms with Crippen molar-refractivity contribution in [1.29, 1.82) is 0 Å². The van der Waals surface area contributed by atoms with Gasteiger partial charge in [0, 0.05) is 30.8 Å². The molecule has 2 N–H and O–H groups in total. The van der Waals surface area contributed by atoms with Gasteiger partial charge in [0.25, 0.3) is 0 Å². The fraction of sp³-hybridized carbons (Fsp3) is 0.500. The summed E-state index contributed by atoms with van der Waals surface area (Å²) in [7, 11) is 0. The highest BCUT2D eigenvalue weighted by Crippen LogP contribution is 2.33. The predicted molar refractivity (Wildman–Crippen MR) is 87.0 cm³/mol. The van der Waals surface area contributed by atoms with Crippen molar-refractivity contribution in [1.82, 2.24) is 25.4 Å². The number of thiazole rings is 1. The zero-order valence-corrected chi connectivity index (χ0v) is 14.9. The van der Waals surface area contributed by atoms with E-state index in [2.05, 4.69) is 20.7 Å². The summed E-state index contributed by atoms with van der Waals surface area (Å²) in [6.45, 7) is 1.68. The fourth-order valence-electron chi connectivity index (χ4n) is 2.53. The lowest BCUT2D eigenvalue weighted by atomic mass is 10.1. The number of hydrogen-bond donors (Lipinski definition) is 2. The van der Waals surface area contributed by atoms with Crippen LogP contribution in [0.25, 0.3) is 5.00 Å². The van der Waals surface area contributed by atoms with Crippen LogP contribution in [0.3, 0.4) is 0 Å². The van der Waals surface area contributed by atoms with Crippen molar-refractivity contribution >= 4 is 28.8 Å². The molecule has 3 atom stereocenters. The Morgan fingerprint density at radius 3 is 2.85 bits per heavy atom. The topological polar surface area (TPSA) is 71.8 Å². The minimum Gasteiger partial charge on any atom is -0.350 e. The monoisotopic (exact) mass is 411 g/mol. The Morgan fingerprint density at radius 1 is 1.54 bits per heavy atom. The second kappa shape index (κ2) is 7.12. The standard InChI is InChI=1S/C14H14ClF4N5OS/c1-6-8(16)2-9(22-6)12(25)20-3-7-5-24(23-11(7)15)10-4-21-13(26-10)14(17,18)19/h4-6,8-9,22H,2-3H2,1H3,(H,20,25)/t6-,8+,9-/m0/s1. The van der Waals surface area contributed by atoms with Crippen LogP contribution in [0.5, 0.6) is 0 Å². The molecule has 12 heteroatoms. The molecule has 1 saturated heterocycles. The Hall–Kier alpha value is -1.72. The molecule has 0 aromatic carbocycles. The van der Waals surface area contributed by atoms with E-state index in [1.54, 1.807) is 6.92 Å². The number of aromatic nitrogens is 3. The van der Waals surface area contributed by atoms with E-state index in [1.807, 2.05) is 0 Å². The molecule has 0 spiro atoms. The molecule has 3 heterocycles. The summed E-state index contributed by atoms with van der Waals surface area (Å²) in [5, 5.41) is 8.60. The number of halogens is 5. The highest BCUT2D eigenvalue weighted by atomic mass is 35.5. The van der Waals surface area contributed by atoms with Gasteiger partial charge in [-0.15, -0.1) is 0 Å². The van der Waals surface area contributed by atoms with Crippen LogP contribution in [0, 0.1) is 0 Å². The average Bonchev–Trinajstić information content (AvgIpc) is 3.24. The lowest BCUT2D eigenvalue weighted by Crippen LogP contribution is -2.41. The molecule has 1 amide bonds. The first-order chi connectivity index (χ1) is 12.1. The summed E-state index contributed by atoms with van der Waals surface area (Å²) in [6.07, 6.45) is -3.08. The van der Waals surface area contributed by atoms with Crippen LogP contribution in [-0.4, -0.2) is 38.9 Å². The van der Waals surface area contributed by atoms with Crippen molar-refractivity contribution in [2.75, 3.05) is 0 Å². The second-order valence-electron chi connectivity index (χ2n) is 5.87. The van der Waals surface area contributed by atoms with E-state index in [9.17, 15) is 22.4 Å². The quantitative estimate of drug-likeness (QED) is 0.759. The maximum Gasteiger partial charge on any atom is 0.443 e. The number of carbonyl (C=O) groups is 1. The Balaban J connectivity index is 1.65. The van der Waals surface area contributed by atoms with Crippen LogP contribution in [0.1, 0.15) is 23.9 Å². The molecule has 0 saturated carbocycles. The molecule has 142 valence electrons. The smallest absolute Gasteiger partial charge is 0.350 e. The molecule has 0 aliphatic carbocycles. The third-order valence-electron chi connectivity index (χ3n) is 3.94. The number of carbonyl (C=O) groups excluding carboxylic acids is 1. The van der Waals surface area contributed by atoms with Crippen molar-refractivity contribution in [3.8, 4) is 5.00 Å². The van der Waals surface area contributed by atoms with Gasteiger partial charge in [0.1, 0.15) is 11.2 Å². The number of amides is 1. The van der Waals surface area contributed by atoms with Crippen molar-refractivity contribution in [3.05, 3.63) is 28.1 Å². The van der Waals surface area contributed by atoms with E-state index in [4.69, 9.17) is 11.6 Å². The third-order valence-corrected chi connectivity index (χ3v) is 5.29. The number of hydrogen-bond acceptors (Lipinski definition) is 5. The van der Waals surface area contributed by atoms with Crippen molar-refractivity contribution in [2.45, 2.75) is 44.3 Å². The fourth-order valence-corrected chi connectivity index (χ4v) is 3.44. The van der Waals surface area contributed by atoms with Crippen LogP contribution in [0.4, 0.5) is 17.6 Å². The van der Waals surface area contributed by atoms with E-state index in [0.29, 0.717) is 16.9 Å². The zero-order valence-electron chi connectivity index (χ0n) is 13.3. The summed E-state index contributed by atoms with van der Waals surface area (Å²) in [4.78, 5) is 15.4. The van der Waals surface area contributed by atoms with E-state index in [1.165, 1.54) is 10.9 Å². The molecule has 0 bridgehead atoms. The summed E-state index contributed by atoms with van der Waals surface area (Å²) in [6, 6.07) is -1.03. The summed E-state index contributed by atoms with van der Waals surface area (Å²) in [5.41, 5.74) is 0.421. The first kappa shape index (κ1) is 19.1. The first-order valence-electron chi connectivity index (χ1n) is 7.60. The normalized spacial score (nSPS) is 23.4. The molecule has 1 aliphatic rings. The van der Waals surface area contributed by atoms with E-state index < -0.39 is 29.4 Å². The summed E-state index contributed by atoms with van der Waals surface area (Å²) >= 11 is 6.41. The van der Waals surface area contributed by atoms with Gasteiger partial charge in [-0.05, 0) is 6.92 Å².